The maximum atomic E-state index is 12.4. The molecule has 1 fully saturated rings. The summed E-state index contributed by atoms with van der Waals surface area (Å²) in [5.74, 6) is -0.270. The predicted octanol–water partition coefficient (Wildman–Crippen LogP) is 2.99. The number of thiazole rings is 1. The van der Waals surface area contributed by atoms with Crippen molar-refractivity contribution < 1.29 is 14.3 Å². The van der Waals surface area contributed by atoms with Crippen molar-refractivity contribution in [1.82, 2.24) is 10.3 Å². The maximum absolute atomic E-state index is 12.4. The molecule has 2 amide bonds. The van der Waals surface area contributed by atoms with Crippen molar-refractivity contribution in [1.29, 1.82) is 0 Å². The molecule has 1 saturated heterocycles. The molecule has 3 rings (SSSR count). The van der Waals surface area contributed by atoms with Gasteiger partial charge in [0.15, 0.2) is 0 Å². The second-order valence-electron chi connectivity index (χ2n) is 6.03. The van der Waals surface area contributed by atoms with Crippen LogP contribution in [0.4, 0.5) is 5.69 Å². The van der Waals surface area contributed by atoms with Crippen molar-refractivity contribution in [3.05, 3.63) is 34.8 Å². The van der Waals surface area contributed by atoms with Crippen LogP contribution in [0.5, 0.6) is 0 Å². The summed E-state index contributed by atoms with van der Waals surface area (Å²) in [6, 6.07) is 7.42. The van der Waals surface area contributed by atoms with Gasteiger partial charge < -0.3 is 15.4 Å². The lowest BCUT2D eigenvalue weighted by atomic mass is 10.2. The van der Waals surface area contributed by atoms with Crippen LogP contribution in [0.3, 0.4) is 0 Å². The minimum atomic E-state index is -0.162. The van der Waals surface area contributed by atoms with E-state index in [2.05, 4.69) is 15.6 Å². The number of hydrogen-bond donors (Lipinski definition) is 2. The second kappa shape index (κ2) is 7.76. The monoisotopic (exact) mass is 359 g/mol. The molecule has 0 aliphatic carbocycles. The lowest BCUT2D eigenvalue weighted by molar-refractivity contribution is -0.114. The van der Waals surface area contributed by atoms with Gasteiger partial charge in [-0.1, -0.05) is 0 Å². The second-order valence-corrected chi connectivity index (χ2v) is 7.23. The van der Waals surface area contributed by atoms with E-state index in [0.717, 1.165) is 40.6 Å². The van der Waals surface area contributed by atoms with Crippen LogP contribution in [0.15, 0.2) is 24.3 Å². The molecule has 0 spiro atoms. The number of nitrogens with one attached hydrogen (secondary N) is 2. The Balaban J connectivity index is 1.68. The van der Waals surface area contributed by atoms with Crippen molar-refractivity contribution in [3.63, 3.8) is 0 Å². The molecule has 6 nitrogen and oxygen atoms in total. The van der Waals surface area contributed by atoms with Gasteiger partial charge in [-0.05, 0) is 44.0 Å². The number of aromatic nitrogens is 1. The van der Waals surface area contributed by atoms with Crippen LogP contribution in [0.25, 0.3) is 10.6 Å². The molecule has 1 unspecified atom stereocenters. The van der Waals surface area contributed by atoms with Crippen molar-refractivity contribution in [2.45, 2.75) is 32.8 Å². The molecule has 2 N–H and O–H groups in total. The van der Waals surface area contributed by atoms with E-state index in [4.69, 9.17) is 4.74 Å². The molecule has 1 aromatic heterocycles. The van der Waals surface area contributed by atoms with E-state index < -0.39 is 0 Å². The Kier molecular flexibility index (Phi) is 5.45. The molecule has 2 aromatic rings. The van der Waals surface area contributed by atoms with Gasteiger partial charge in [0.05, 0.1) is 6.10 Å². The summed E-state index contributed by atoms with van der Waals surface area (Å²) in [7, 11) is 0. The zero-order valence-electron chi connectivity index (χ0n) is 14.3. The van der Waals surface area contributed by atoms with E-state index in [1.807, 2.05) is 31.2 Å². The number of hydrogen-bond acceptors (Lipinski definition) is 5. The molecule has 7 heteroatoms. The van der Waals surface area contributed by atoms with Crippen molar-refractivity contribution in [2.24, 2.45) is 0 Å². The fourth-order valence-electron chi connectivity index (χ4n) is 2.73. The molecular weight excluding hydrogens is 338 g/mol. The molecule has 0 radical (unpaired) electrons. The normalized spacial score (nSPS) is 16.6. The Morgan fingerprint density at radius 3 is 2.72 bits per heavy atom. The van der Waals surface area contributed by atoms with E-state index in [0.29, 0.717) is 12.2 Å². The fraction of sp³-hybridized carbons (Fsp3) is 0.389. The molecule has 2 heterocycles. The summed E-state index contributed by atoms with van der Waals surface area (Å²) in [4.78, 5) is 28.8. The van der Waals surface area contributed by atoms with E-state index in [1.54, 1.807) is 0 Å². The van der Waals surface area contributed by atoms with Crippen LogP contribution in [-0.4, -0.2) is 36.1 Å². The minimum Gasteiger partial charge on any atom is -0.376 e. The van der Waals surface area contributed by atoms with Crippen LogP contribution in [0.1, 0.15) is 35.1 Å². The van der Waals surface area contributed by atoms with Crippen LogP contribution < -0.4 is 10.6 Å². The largest absolute Gasteiger partial charge is 0.376 e. The average Bonchev–Trinajstić information content (AvgIpc) is 3.22. The van der Waals surface area contributed by atoms with Gasteiger partial charge in [0.25, 0.3) is 5.91 Å². The quantitative estimate of drug-likeness (QED) is 0.860. The Morgan fingerprint density at radius 1 is 1.32 bits per heavy atom. The molecule has 1 atom stereocenters. The standard InChI is InChI=1S/C18H21N3O3S/c1-11-16(17(23)19-10-15-4-3-9-24-15)21-18(25-11)13-5-7-14(8-6-13)20-12(2)22/h5-8,15H,3-4,9-10H2,1-2H3,(H,19,23)(H,20,22). The predicted molar refractivity (Wildman–Crippen MR) is 97.9 cm³/mol. The Morgan fingerprint density at radius 2 is 2.08 bits per heavy atom. The number of ether oxygens (including phenoxy) is 1. The Bertz CT molecular complexity index is 764. The number of carbonyl (C=O) groups is 2. The number of benzene rings is 1. The molecule has 1 aliphatic heterocycles. The fourth-order valence-corrected chi connectivity index (χ4v) is 3.64. The first-order chi connectivity index (χ1) is 12.0. The summed E-state index contributed by atoms with van der Waals surface area (Å²) in [6.45, 7) is 4.67. The summed E-state index contributed by atoms with van der Waals surface area (Å²) < 4.78 is 5.52. The van der Waals surface area contributed by atoms with Gasteiger partial charge in [-0.25, -0.2) is 4.98 Å². The lowest BCUT2D eigenvalue weighted by Gasteiger charge is -2.09. The summed E-state index contributed by atoms with van der Waals surface area (Å²) in [5.41, 5.74) is 2.11. The van der Waals surface area contributed by atoms with Crippen LogP contribution in [-0.2, 0) is 9.53 Å². The van der Waals surface area contributed by atoms with Crippen LogP contribution in [0, 0.1) is 6.92 Å². The van der Waals surface area contributed by atoms with Crippen molar-refractivity contribution >= 4 is 28.8 Å². The van der Waals surface area contributed by atoms with Crippen LogP contribution >= 0.6 is 11.3 Å². The first kappa shape index (κ1) is 17.6. The van der Waals surface area contributed by atoms with Crippen molar-refractivity contribution in [2.75, 3.05) is 18.5 Å². The van der Waals surface area contributed by atoms with Gasteiger partial charge in [-0.3, -0.25) is 9.59 Å². The van der Waals surface area contributed by atoms with Gasteiger partial charge in [0.1, 0.15) is 10.7 Å². The smallest absolute Gasteiger partial charge is 0.271 e. The van der Waals surface area contributed by atoms with Gasteiger partial charge in [-0.2, -0.15) is 0 Å². The van der Waals surface area contributed by atoms with Gasteiger partial charge in [-0.15, -0.1) is 11.3 Å². The molecule has 1 aromatic carbocycles. The first-order valence-electron chi connectivity index (χ1n) is 8.28. The van der Waals surface area contributed by atoms with E-state index in [1.165, 1.54) is 18.3 Å². The Hall–Kier alpha value is -2.25. The number of carbonyl (C=O) groups excluding carboxylic acids is 2. The number of amides is 2. The molecule has 132 valence electrons. The average molecular weight is 359 g/mol. The van der Waals surface area contributed by atoms with E-state index in [9.17, 15) is 9.59 Å². The third-order valence-corrected chi connectivity index (χ3v) is 5.00. The van der Waals surface area contributed by atoms with E-state index >= 15 is 0 Å². The molecule has 25 heavy (non-hydrogen) atoms. The molecule has 0 saturated carbocycles. The first-order valence-corrected chi connectivity index (χ1v) is 9.10. The van der Waals surface area contributed by atoms with Gasteiger partial charge in [0.2, 0.25) is 5.91 Å². The summed E-state index contributed by atoms with van der Waals surface area (Å²) in [5, 5.41) is 6.43. The minimum absolute atomic E-state index is 0.108. The van der Waals surface area contributed by atoms with Gasteiger partial charge >= 0.3 is 0 Å². The molecule has 0 bridgehead atoms. The topological polar surface area (TPSA) is 80.3 Å². The maximum Gasteiger partial charge on any atom is 0.271 e. The molecule has 1 aliphatic rings. The van der Waals surface area contributed by atoms with E-state index in [-0.39, 0.29) is 17.9 Å². The van der Waals surface area contributed by atoms with Crippen molar-refractivity contribution in [3.8, 4) is 10.6 Å². The highest BCUT2D eigenvalue weighted by Gasteiger charge is 2.20. The Labute approximate surface area is 150 Å². The zero-order chi connectivity index (χ0) is 17.8. The highest BCUT2D eigenvalue weighted by Crippen LogP contribution is 2.28. The number of nitrogens with zero attached hydrogens (tertiary/aromatic N) is 1. The van der Waals surface area contributed by atoms with Gasteiger partial charge in [0, 0.05) is 36.2 Å². The zero-order valence-corrected chi connectivity index (χ0v) is 15.1. The number of anilines is 1. The lowest BCUT2D eigenvalue weighted by Crippen LogP contribution is -2.32. The molecular formula is C18H21N3O3S. The summed E-state index contributed by atoms with van der Waals surface area (Å²) >= 11 is 1.48. The number of rotatable bonds is 5. The highest BCUT2D eigenvalue weighted by atomic mass is 32.1. The number of aryl methyl sites for hydroxylation is 1. The SMILES string of the molecule is CC(=O)Nc1ccc(-c2nc(C(=O)NCC3CCCO3)c(C)s2)cc1. The third kappa shape index (κ3) is 4.43. The summed E-state index contributed by atoms with van der Waals surface area (Å²) in [6.07, 6.45) is 2.15. The van der Waals surface area contributed by atoms with Crippen LogP contribution in [0.2, 0.25) is 0 Å². The highest BCUT2D eigenvalue weighted by molar-refractivity contribution is 7.15. The third-order valence-electron chi connectivity index (χ3n) is 3.98.